The molecule has 1 N–H and O–H groups in total. The van der Waals surface area contributed by atoms with E-state index in [1.54, 1.807) is 55.5 Å². The lowest BCUT2D eigenvalue weighted by molar-refractivity contribution is -0.142. The molecule has 0 bridgehead atoms. The lowest BCUT2D eigenvalue weighted by Gasteiger charge is -2.15. The summed E-state index contributed by atoms with van der Waals surface area (Å²) in [6.45, 7) is 5.13. The number of carbonyl (C=O) groups is 2. The maximum Gasteiger partial charge on any atom is 0.331 e. The highest BCUT2D eigenvalue weighted by atomic mass is 32.2. The Labute approximate surface area is 188 Å². The molecule has 0 aromatic heterocycles. The number of esters is 1. The summed E-state index contributed by atoms with van der Waals surface area (Å²) < 4.78 is 36.2. The van der Waals surface area contributed by atoms with Gasteiger partial charge >= 0.3 is 5.97 Å². The van der Waals surface area contributed by atoms with Gasteiger partial charge in [-0.3, -0.25) is 4.79 Å². The van der Waals surface area contributed by atoms with Gasteiger partial charge in [0.05, 0.1) is 4.90 Å². The predicted octanol–water partition coefficient (Wildman–Crippen LogP) is 3.01. The predicted molar refractivity (Wildman–Crippen MR) is 123 cm³/mol. The SMILES string of the molecule is C=CCOc1ccc(/C=C/C(=O)OCC(=O)Nc2ccc(C)c(S(=O)(=O)N(C)C)c2)cc1. The average molecular weight is 459 g/mol. The van der Waals surface area contributed by atoms with Gasteiger partial charge in [-0.2, -0.15) is 0 Å². The quantitative estimate of drug-likeness (QED) is 0.334. The molecule has 0 radical (unpaired) electrons. The zero-order valence-corrected chi connectivity index (χ0v) is 19.0. The van der Waals surface area contributed by atoms with E-state index in [1.807, 2.05) is 0 Å². The highest BCUT2D eigenvalue weighted by Crippen LogP contribution is 2.22. The molecular formula is C23H26N2O6S. The van der Waals surface area contributed by atoms with Crippen LogP contribution in [0.4, 0.5) is 5.69 Å². The Hall–Kier alpha value is -3.43. The topological polar surface area (TPSA) is 102 Å². The van der Waals surface area contributed by atoms with Crippen molar-refractivity contribution in [3.8, 4) is 5.75 Å². The Balaban J connectivity index is 1.91. The number of rotatable bonds is 10. The molecule has 1 amide bonds. The minimum absolute atomic E-state index is 0.0844. The first kappa shape index (κ1) is 24.8. The van der Waals surface area contributed by atoms with E-state index in [9.17, 15) is 18.0 Å². The van der Waals surface area contributed by atoms with Crippen molar-refractivity contribution in [1.29, 1.82) is 0 Å². The summed E-state index contributed by atoms with van der Waals surface area (Å²) in [7, 11) is -0.800. The van der Waals surface area contributed by atoms with E-state index < -0.39 is 28.5 Å². The van der Waals surface area contributed by atoms with Crippen LogP contribution in [0.5, 0.6) is 5.75 Å². The Kier molecular flexibility index (Phi) is 8.74. The van der Waals surface area contributed by atoms with Crippen LogP contribution in [0.25, 0.3) is 6.08 Å². The van der Waals surface area contributed by atoms with Crippen LogP contribution in [0.3, 0.4) is 0 Å². The molecule has 0 heterocycles. The van der Waals surface area contributed by atoms with Gasteiger partial charge in [0.1, 0.15) is 12.4 Å². The van der Waals surface area contributed by atoms with Crippen molar-refractivity contribution >= 4 is 33.7 Å². The number of anilines is 1. The van der Waals surface area contributed by atoms with Crippen molar-refractivity contribution < 1.29 is 27.5 Å². The van der Waals surface area contributed by atoms with E-state index in [0.29, 0.717) is 17.9 Å². The van der Waals surface area contributed by atoms with E-state index in [2.05, 4.69) is 11.9 Å². The normalized spacial score (nSPS) is 11.4. The summed E-state index contributed by atoms with van der Waals surface area (Å²) in [6, 6.07) is 11.6. The summed E-state index contributed by atoms with van der Waals surface area (Å²) in [5.41, 5.74) is 1.59. The maximum absolute atomic E-state index is 12.4. The third-order valence-electron chi connectivity index (χ3n) is 4.24. The molecule has 0 spiro atoms. The summed E-state index contributed by atoms with van der Waals surface area (Å²) in [4.78, 5) is 24.1. The minimum Gasteiger partial charge on any atom is -0.490 e. The van der Waals surface area contributed by atoms with Gasteiger partial charge in [0.2, 0.25) is 10.0 Å². The van der Waals surface area contributed by atoms with E-state index in [0.717, 1.165) is 9.87 Å². The third kappa shape index (κ3) is 7.07. The number of carbonyl (C=O) groups excluding carboxylic acids is 2. The number of aryl methyl sites for hydroxylation is 1. The molecule has 0 atom stereocenters. The minimum atomic E-state index is -3.66. The molecule has 2 rings (SSSR count). The van der Waals surface area contributed by atoms with Crippen LogP contribution in [0.15, 0.2) is 66.1 Å². The van der Waals surface area contributed by atoms with Gasteiger partial charge in [0.15, 0.2) is 6.61 Å². The fourth-order valence-electron chi connectivity index (χ4n) is 2.53. The smallest absolute Gasteiger partial charge is 0.331 e. The van der Waals surface area contributed by atoms with Crippen LogP contribution < -0.4 is 10.1 Å². The molecule has 32 heavy (non-hydrogen) atoms. The van der Waals surface area contributed by atoms with Gasteiger partial charge in [-0.25, -0.2) is 17.5 Å². The van der Waals surface area contributed by atoms with Gasteiger partial charge in [0, 0.05) is 25.9 Å². The van der Waals surface area contributed by atoms with Crippen molar-refractivity contribution in [3.63, 3.8) is 0 Å². The Morgan fingerprint density at radius 2 is 1.81 bits per heavy atom. The highest BCUT2D eigenvalue weighted by Gasteiger charge is 2.20. The van der Waals surface area contributed by atoms with Crippen molar-refractivity contribution in [2.45, 2.75) is 11.8 Å². The molecule has 9 heteroatoms. The molecule has 0 aliphatic heterocycles. The molecule has 0 fully saturated rings. The van der Waals surface area contributed by atoms with Crippen molar-refractivity contribution in [1.82, 2.24) is 4.31 Å². The van der Waals surface area contributed by atoms with Crippen LogP contribution in [0.2, 0.25) is 0 Å². The van der Waals surface area contributed by atoms with Gasteiger partial charge < -0.3 is 14.8 Å². The van der Waals surface area contributed by atoms with Crippen LogP contribution in [0.1, 0.15) is 11.1 Å². The Morgan fingerprint density at radius 3 is 2.44 bits per heavy atom. The second-order valence-electron chi connectivity index (χ2n) is 6.93. The maximum atomic E-state index is 12.4. The zero-order valence-electron chi connectivity index (χ0n) is 18.2. The first-order valence-corrected chi connectivity index (χ1v) is 11.1. The number of ether oxygens (including phenoxy) is 2. The van der Waals surface area contributed by atoms with Crippen LogP contribution >= 0.6 is 0 Å². The monoisotopic (exact) mass is 458 g/mol. The van der Waals surface area contributed by atoms with Gasteiger partial charge in [-0.1, -0.05) is 30.9 Å². The van der Waals surface area contributed by atoms with Crippen LogP contribution in [-0.2, 0) is 24.3 Å². The van der Waals surface area contributed by atoms with Gasteiger partial charge in [-0.15, -0.1) is 0 Å². The highest BCUT2D eigenvalue weighted by molar-refractivity contribution is 7.89. The zero-order chi connectivity index (χ0) is 23.7. The Morgan fingerprint density at radius 1 is 1.12 bits per heavy atom. The number of sulfonamides is 1. The fourth-order valence-corrected chi connectivity index (χ4v) is 3.67. The van der Waals surface area contributed by atoms with Crippen molar-refractivity contribution in [2.24, 2.45) is 0 Å². The first-order valence-electron chi connectivity index (χ1n) is 9.65. The summed E-state index contributed by atoms with van der Waals surface area (Å²) in [5.74, 6) is -0.599. The molecule has 8 nitrogen and oxygen atoms in total. The number of hydrogen-bond acceptors (Lipinski definition) is 6. The molecule has 2 aromatic carbocycles. The second kappa shape index (κ2) is 11.3. The molecule has 0 aliphatic rings. The summed E-state index contributed by atoms with van der Waals surface area (Å²) >= 11 is 0. The third-order valence-corrected chi connectivity index (χ3v) is 6.19. The Bertz CT molecular complexity index is 1110. The van der Waals surface area contributed by atoms with Gasteiger partial charge in [-0.05, 0) is 48.4 Å². The first-order chi connectivity index (χ1) is 15.1. The second-order valence-corrected chi connectivity index (χ2v) is 9.05. The van der Waals surface area contributed by atoms with E-state index >= 15 is 0 Å². The van der Waals surface area contributed by atoms with Crippen LogP contribution in [-0.4, -0.2) is 51.9 Å². The lowest BCUT2D eigenvalue weighted by atomic mass is 10.2. The van der Waals surface area contributed by atoms with E-state index in [1.165, 1.54) is 26.2 Å². The lowest BCUT2D eigenvalue weighted by Crippen LogP contribution is -2.24. The number of benzene rings is 2. The molecular weight excluding hydrogens is 432 g/mol. The standard InChI is InChI=1S/C23H26N2O6S/c1-5-14-30-20-11-7-18(8-12-20)9-13-23(27)31-16-22(26)24-19-10-6-17(2)21(15-19)32(28,29)25(3)4/h5-13,15H,1,14,16H2,2-4H3,(H,24,26)/b13-9+. The molecule has 2 aromatic rings. The molecule has 0 saturated heterocycles. The van der Waals surface area contributed by atoms with Crippen LogP contribution in [0, 0.1) is 6.92 Å². The van der Waals surface area contributed by atoms with Crippen molar-refractivity contribution in [2.75, 3.05) is 32.6 Å². The van der Waals surface area contributed by atoms with E-state index in [4.69, 9.17) is 9.47 Å². The number of nitrogens with zero attached hydrogens (tertiary/aromatic N) is 1. The summed E-state index contributed by atoms with van der Waals surface area (Å²) in [5, 5.41) is 2.53. The summed E-state index contributed by atoms with van der Waals surface area (Å²) in [6.07, 6.45) is 4.40. The molecule has 0 unspecified atom stereocenters. The van der Waals surface area contributed by atoms with E-state index in [-0.39, 0.29) is 10.6 Å². The number of hydrogen-bond donors (Lipinski definition) is 1. The largest absolute Gasteiger partial charge is 0.490 e. The molecule has 170 valence electrons. The number of nitrogens with one attached hydrogen (secondary N) is 1. The fraction of sp³-hybridized carbons (Fsp3) is 0.217. The van der Waals surface area contributed by atoms with Gasteiger partial charge in [0.25, 0.3) is 5.91 Å². The number of amides is 1. The van der Waals surface area contributed by atoms with Crippen molar-refractivity contribution in [3.05, 3.63) is 72.3 Å². The molecule has 0 saturated carbocycles. The average Bonchev–Trinajstić information content (AvgIpc) is 2.76. The molecule has 0 aliphatic carbocycles.